The van der Waals surface area contributed by atoms with E-state index in [-0.39, 0.29) is 18.8 Å². The number of rotatable bonds is 2. The largest absolute Gasteiger partial charge is 0.490 e. The van der Waals surface area contributed by atoms with Crippen LogP contribution >= 0.6 is 0 Å². The molecule has 2 nitrogen and oxygen atoms in total. The molecule has 1 saturated heterocycles. The molecule has 3 rings (SSSR count). The monoisotopic (exact) mass is 284 g/mol. The van der Waals surface area contributed by atoms with Gasteiger partial charge in [0.2, 0.25) is 0 Å². The minimum absolute atomic E-state index is 0.141. The topological polar surface area (TPSA) is 18.5 Å². The second kappa shape index (κ2) is 5.62. The molecule has 1 fully saturated rings. The molecule has 1 aromatic rings. The Hall–Kier alpha value is -1.06. The zero-order valence-corrected chi connectivity index (χ0v) is 13.5. The zero-order chi connectivity index (χ0) is 15.0. The lowest BCUT2D eigenvalue weighted by Gasteiger charge is -2.29. The third-order valence-corrected chi connectivity index (χ3v) is 5.11. The summed E-state index contributed by atoms with van der Waals surface area (Å²) in [6, 6.07) is 10.8. The average molecular weight is 284 g/mol. The second-order valence-electron chi connectivity index (χ2n) is 7.02. The fourth-order valence-corrected chi connectivity index (χ4v) is 3.36. The van der Waals surface area contributed by atoms with Gasteiger partial charge in [-0.1, -0.05) is 43.3 Å². The Morgan fingerprint density at radius 2 is 1.86 bits per heavy atom. The zero-order valence-electron chi connectivity index (χ0n) is 13.5. The van der Waals surface area contributed by atoms with Crippen LogP contribution < -0.4 is 0 Å². The van der Waals surface area contributed by atoms with E-state index in [1.54, 1.807) is 0 Å². The van der Waals surface area contributed by atoms with E-state index in [4.69, 9.17) is 9.31 Å². The van der Waals surface area contributed by atoms with Gasteiger partial charge in [0, 0.05) is 0 Å². The Kier molecular flexibility index (Phi) is 3.98. The lowest BCUT2D eigenvalue weighted by atomic mass is 9.64. The first-order valence-electron chi connectivity index (χ1n) is 8.05. The molecule has 1 aromatic carbocycles. The maximum Gasteiger partial charge on any atom is 0.490 e. The lowest BCUT2D eigenvalue weighted by molar-refractivity contribution is 0.0841. The molecule has 21 heavy (non-hydrogen) atoms. The molecule has 0 bridgehead atoms. The number of hydrogen-bond acceptors (Lipinski definition) is 2. The van der Waals surface area contributed by atoms with Crippen LogP contribution in [0.25, 0.3) is 0 Å². The van der Waals surface area contributed by atoms with Crippen molar-refractivity contribution in [1.82, 2.24) is 0 Å². The highest BCUT2D eigenvalue weighted by atomic mass is 16.7. The molecular formula is C18H25BO2. The van der Waals surface area contributed by atoms with E-state index in [1.165, 1.54) is 17.5 Å². The third-order valence-electron chi connectivity index (χ3n) is 5.11. The molecule has 0 spiro atoms. The summed E-state index contributed by atoms with van der Waals surface area (Å²) in [6.45, 7) is 8.61. The molecule has 0 N–H and O–H groups in total. The summed E-state index contributed by atoms with van der Waals surface area (Å²) in [5, 5.41) is 0. The van der Waals surface area contributed by atoms with Gasteiger partial charge in [-0.3, -0.25) is 0 Å². The predicted molar refractivity (Wildman–Crippen MR) is 87.1 cm³/mol. The van der Waals surface area contributed by atoms with Crippen LogP contribution in [0.1, 0.15) is 52.0 Å². The standard InChI is InChI=1S/C18H25BO2/c1-13-12-16(15-8-6-5-7-9-15)10-11-17(13)19-20-14(2)18(3,4)21-19/h5-9,11,13-14,16H,10,12H2,1-4H3. The number of allylic oxidation sites excluding steroid dienone is 2. The van der Waals surface area contributed by atoms with Gasteiger partial charge in [-0.2, -0.15) is 0 Å². The van der Waals surface area contributed by atoms with Crippen LogP contribution in [-0.4, -0.2) is 18.8 Å². The quantitative estimate of drug-likeness (QED) is 0.751. The van der Waals surface area contributed by atoms with Crippen molar-refractivity contribution in [2.75, 3.05) is 0 Å². The summed E-state index contributed by atoms with van der Waals surface area (Å²) >= 11 is 0. The van der Waals surface area contributed by atoms with Crippen molar-refractivity contribution in [3.05, 3.63) is 47.4 Å². The molecular weight excluding hydrogens is 259 g/mol. The van der Waals surface area contributed by atoms with E-state index in [0.29, 0.717) is 11.8 Å². The maximum absolute atomic E-state index is 6.12. The maximum atomic E-state index is 6.12. The van der Waals surface area contributed by atoms with Crippen LogP contribution in [0.5, 0.6) is 0 Å². The summed E-state index contributed by atoms with van der Waals surface area (Å²) in [4.78, 5) is 0. The molecule has 112 valence electrons. The molecule has 0 amide bonds. The number of hydrogen-bond donors (Lipinski definition) is 0. The summed E-state index contributed by atoms with van der Waals surface area (Å²) in [5.74, 6) is 1.13. The van der Waals surface area contributed by atoms with Crippen molar-refractivity contribution in [2.45, 2.75) is 58.2 Å². The Labute approximate surface area is 128 Å². The van der Waals surface area contributed by atoms with Gasteiger partial charge in [-0.15, -0.1) is 0 Å². The third kappa shape index (κ3) is 2.95. The average Bonchev–Trinajstić information content (AvgIpc) is 2.73. The van der Waals surface area contributed by atoms with E-state index in [2.05, 4.69) is 64.1 Å². The first-order valence-corrected chi connectivity index (χ1v) is 8.05. The van der Waals surface area contributed by atoms with Gasteiger partial charge < -0.3 is 9.31 Å². The molecule has 0 radical (unpaired) electrons. The molecule has 1 heterocycles. The highest BCUT2D eigenvalue weighted by Crippen LogP contribution is 2.40. The van der Waals surface area contributed by atoms with Crippen molar-refractivity contribution in [1.29, 1.82) is 0 Å². The van der Waals surface area contributed by atoms with E-state index in [1.807, 2.05) is 0 Å². The molecule has 1 aliphatic carbocycles. The van der Waals surface area contributed by atoms with E-state index < -0.39 is 0 Å². The Morgan fingerprint density at radius 3 is 2.43 bits per heavy atom. The van der Waals surface area contributed by atoms with Gasteiger partial charge in [-0.05, 0) is 56.5 Å². The predicted octanol–water partition coefficient (Wildman–Crippen LogP) is 4.37. The van der Waals surface area contributed by atoms with Crippen molar-refractivity contribution in [3.63, 3.8) is 0 Å². The smallest absolute Gasteiger partial charge is 0.402 e. The van der Waals surface area contributed by atoms with Crippen LogP contribution in [0.3, 0.4) is 0 Å². The minimum Gasteiger partial charge on any atom is -0.402 e. The molecule has 3 atom stereocenters. The van der Waals surface area contributed by atoms with Gasteiger partial charge in [0.1, 0.15) is 0 Å². The molecule has 0 aromatic heterocycles. The molecule has 0 saturated carbocycles. The molecule has 2 aliphatic rings. The summed E-state index contributed by atoms with van der Waals surface area (Å²) < 4.78 is 12.2. The van der Waals surface area contributed by atoms with Gasteiger partial charge in [0.25, 0.3) is 0 Å². The van der Waals surface area contributed by atoms with Crippen LogP contribution in [-0.2, 0) is 9.31 Å². The minimum atomic E-state index is -0.193. The van der Waals surface area contributed by atoms with Crippen molar-refractivity contribution in [2.24, 2.45) is 5.92 Å². The van der Waals surface area contributed by atoms with Crippen molar-refractivity contribution < 1.29 is 9.31 Å². The highest BCUT2D eigenvalue weighted by molar-refractivity contribution is 6.54. The first-order chi connectivity index (χ1) is 9.97. The highest BCUT2D eigenvalue weighted by Gasteiger charge is 2.46. The Balaban J connectivity index is 1.73. The summed E-state index contributed by atoms with van der Waals surface area (Å²) in [5.41, 5.74) is 2.59. The van der Waals surface area contributed by atoms with Crippen molar-refractivity contribution in [3.8, 4) is 0 Å². The fourth-order valence-electron chi connectivity index (χ4n) is 3.36. The van der Waals surface area contributed by atoms with Crippen LogP contribution in [0.4, 0.5) is 0 Å². The second-order valence-corrected chi connectivity index (χ2v) is 7.02. The lowest BCUT2D eigenvalue weighted by Crippen LogP contribution is -2.31. The van der Waals surface area contributed by atoms with E-state index in [9.17, 15) is 0 Å². The molecule has 1 aliphatic heterocycles. The number of benzene rings is 1. The molecule has 3 heteroatoms. The van der Waals surface area contributed by atoms with Crippen LogP contribution in [0.2, 0.25) is 0 Å². The van der Waals surface area contributed by atoms with Gasteiger partial charge >= 0.3 is 7.12 Å². The van der Waals surface area contributed by atoms with Gasteiger partial charge in [-0.25, -0.2) is 0 Å². The molecule has 3 unspecified atom stereocenters. The SMILES string of the molecule is CC1CC(c2ccccc2)CC=C1B1OC(C)C(C)(C)O1. The van der Waals surface area contributed by atoms with Crippen molar-refractivity contribution >= 4 is 7.12 Å². The van der Waals surface area contributed by atoms with E-state index in [0.717, 1.165) is 6.42 Å². The van der Waals surface area contributed by atoms with Gasteiger partial charge in [0.05, 0.1) is 11.7 Å². The first kappa shape index (κ1) is 14.9. The van der Waals surface area contributed by atoms with E-state index >= 15 is 0 Å². The summed E-state index contributed by atoms with van der Waals surface area (Å²) in [6.07, 6.45) is 4.75. The Bertz CT molecular complexity index is 523. The Morgan fingerprint density at radius 1 is 1.14 bits per heavy atom. The normalized spacial score (nSPS) is 32.1. The summed E-state index contributed by atoms with van der Waals surface area (Å²) in [7, 11) is -0.151. The van der Waals surface area contributed by atoms with Crippen LogP contribution in [0, 0.1) is 5.92 Å². The van der Waals surface area contributed by atoms with Gasteiger partial charge in [0.15, 0.2) is 0 Å². The fraction of sp³-hybridized carbons (Fsp3) is 0.556. The van der Waals surface area contributed by atoms with Crippen LogP contribution in [0.15, 0.2) is 41.9 Å².